The molecule has 1 fully saturated rings. The SMILES string of the molecule is CC1COC(CN)CN1c1ccc2nccnc2n1. The Balaban J connectivity index is 1.93. The van der Waals surface area contributed by atoms with Crippen LogP contribution in [0.25, 0.3) is 11.2 Å². The van der Waals surface area contributed by atoms with Crippen molar-refractivity contribution in [1.29, 1.82) is 0 Å². The first-order valence-electron chi connectivity index (χ1n) is 6.44. The van der Waals surface area contributed by atoms with Crippen LogP contribution in [0.1, 0.15) is 6.92 Å². The molecule has 0 aromatic carbocycles. The largest absolute Gasteiger partial charge is 0.373 e. The first-order valence-corrected chi connectivity index (χ1v) is 6.44. The fourth-order valence-electron chi connectivity index (χ4n) is 2.28. The summed E-state index contributed by atoms with van der Waals surface area (Å²) in [6, 6.07) is 4.21. The van der Waals surface area contributed by atoms with Gasteiger partial charge in [0, 0.05) is 25.5 Å². The van der Waals surface area contributed by atoms with Crippen LogP contribution in [0, 0.1) is 0 Å². The first-order chi connectivity index (χ1) is 9.28. The van der Waals surface area contributed by atoms with E-state index in [0.29, 0.717) is 18.8 Å². The molecule has 0 aliphatic carbocycles. The molecule has 1 aliphatic rings. The molecule has 0 saturated carbocycles. The summed E-state index contributed by atoms with van der Waals surface area (Å²) in [5.41, 5.74) is 7.16. The Morgan fingerprint density at radius 3 is 3.05 bits per heavy atom. The molecule has 2 aromatic heterocycles. The lowest BCUT2D eigenvalue weighted by atomic mass is 10.2. The van der Waals surface area contributed by atoms with Gasteiger partial charge >= 0.3 is 0 Å². The van der Waals surface area contributed by atoms with Crippen molar-refractivity contribution >= 4 is 17.0 Å². The van der Waals surface area contributed by atoms with Crippen LogP contribution in [-0.4, -0.2) is 46.8 Å². The van der Waals surface area contributed by atoms with E-state index in [-0.39, 0.29) is 12.1 Å². The summed E-state index contributed by atoms with van der Waals surface area (Å²) in [5.74, 6) is 0.905. The molecule has 2 N–H and O–H groups in total. The summed E-state index contributed by atoms with van der Waals surface area (Å²) in [6.07, 6.45) is 3.39. The van der Waals surface area contributed by atoms with Gasteiger partial charge in [0.15, 0.2) is 5.65 Å². The smallest absolute Gasteiger partial charge is 0.180 e. The minimum atomic E-state index is 0.0653. The third-order valence-corrected chi connectivity index (χ3v) is 3.38. The third kappa shape index (κ3) is 2.36. The van der Waals surface area contributed by atoms with E-state index in [9.17, 15) is 0 Å². The van der Waals surface area contributed by atoms with E-state index in [1.807, 2.05) is 12.1 Å². The monoisotopic (exact) mass is 259 g/mol. The minimum Gasteiger partial charge on any atom is -0.373 e. The van der Waals surface area contributed by atoms with E-state index in [4.69, 9.17) is 10.5 Å². The van der Waals surface area contributed by atoms with Crippen LogP contribution in [-0.2, 0) is 4.74 Å². The summed E-state index contributed by atoms with van der Waals surface area (Å²) >= 11 is 0. The number of aromatic nitrogens is 3. The second kappa shape index (κ2) is 5.07. The summed E-state index contributed by atoms with van der Waals surface area (Å²) in [5, 5.41) is 0. The summed E-state index contributed by atoms with van der Waals surface area (Å²) in [6.45, 7) is 4.07. The third-order valence-electron chi connectivity index (χ3n) is 3.38. The van der Waals surface area contributed by atoms with Crippen LogP contribution in [0.5, 0.6) is 0 Å². The zero-order chi connectivity index (χ0) is 13.2. The number of fused-ring (bicyclic) bond motifs is 1. The average Bonchev–Trinajstić information content (AvgIpc) is 2.47. The number of nitrogens with zero attached hydrogens (tertiary/aromatic N) is 4. The normalized spacial score (nSPS) is 23.8. The topological polar surface area (TPSA) is 77.2 Å². The lowest BCUT2D eigenvalue weighted by Gasteiger charge is -2.38. The molecule has 2 unspecified atom stereocenters. The summed E-state index contributed by atoms with van der Waals surface area (Å²) in [4.78, 5) is 15.3. The fourth-order valence-corrected chi connectivity index (χ4v) is 2.28. The van der Waals surface area contributed by atoms with Crippen LogP contribution >= 0.6 is 0 Å². The number of hydrogen-bond acceptors (Lipinski definition) is 6. The van der Waals surface area contributed by atoms with E-state index in [1.54, 1.807) is 12.4 Å². The highest BCUT2D eigenvalue weighted by Crippen LogP contribution is 2.21. The van der Waals surface area contributed by atoms with Crippen LogP contribution < -0.4 is 10.6 Å². The average molecular weight is 259 g/mol. The summed E-state index contributed by atoms with van der Waals surface area (Å²) in [7, 11) is 0. The molecule has 100 valence electrons. The molecule has 0 amide bonds. The molecule has 0 radical (unpaired) electrons. The van der Waals surface area contributed by atoms with Gasteiger partial charge in [0.05, 0.1) is 18.8 Å². The lowest BCUT2D eigenvalue weighted by Crippen LogP contribution is -2.51. The molecule has 3 heterocycles. The molecule has 19 heavy (non-hydrogen) atoms. The molecule has 0 spiro atoms. The highest BCUT2D eigenvalue weighted by molar-refractivity contribution is 5.71. The maximum absolute atomic E-state index is 5.69. The van der Waals surface area contributed by atoms with E-state index < -0.39 is 0 Å². The first kappa shape index (κ1) is 12.3. The highest BCUT2D eigenvalue weighted by Gasteiger charge is 2.26. The molecule has 1 saturated heterocycles. The van der Waals surface area contributed by atoms with Gasteiger partial charge in [-0.25, -0.2) is 9.97 Å². The van der Waals surface area contributed by atoms with Gasteiger partial charge in [-0.15, -0.1) is 0 Å². The predicted molar refractivity (Wildman–Crippen MR) is 72.9 cm³/mol. The number of rotatable bonds is 2. The molecule has 2 aromatic rings. The molecule has 1 aliphatic heterocycles. The molecular formula is C13H17N5O. The zero-order valence-corrected chi connectivity index (χ0v) is 10.9. The van der Waals surface area contributed by atoms with Gasteiger partial charge in [0.1, 0.15) is 11.3 Å². The van der Waals surface area contributed by atoms with E-state index in [0.717, 1.165) is 17.9 Å². The van der Waals surface area contributed by atoms with Gasteiger partial charge in [0.2, 0.25) is 0 Å². The molecule has 0 bridgehead atoms. The second-order valence-corrected chi connectivity index (χ2v) is 4.76. The lowest BCUT2D eigenvalue weighted by molar-refractivity contribution is 0.0280. The Labute approximate surface area is 111 Å². The number of morpholine rings is 1. The van der Waals surface area contributed by atoms with Crippen LogP contribution in [0.2, 0.25) is 0 Å². The van der Waals surface area contributed by atoms with Gasteiger partial charge in [-0.2, -0.15) is 0 Å². The van der Waals surface area contributed by atoms with Crippen LogP contribution in [0.4, 0.5) is 5.82 Å². The molecule has 6 nitrogen and oxygen atoms in total. The predicted octanol–water partition coefficient (Wildman–Crippen LogP) is 0.577. The van der Waals surface area contributed by atoms with Crippen molar-refractivity contribution in [2.45, 2.75) is 19.1 Å². The summed E-state index contributed by atoms with van der Waals surface area (Å²) < 4.78 is 5.66. The Morgan fingerprint density at radius 2 is 2.21 bits per heavy atom. The maximum atomic E-state index is 5.69. The maximum Gasteiger partial charge on any atom is 0.180 e. The van der Waals surface area contributed by atoms with E-state index >= 15 is 0 Å². The van der Waals surface area contributed by atoms with Crippen LogP contribution in [0.3, 0.4) is 0 Å². The van der Waals surface area contributed by atoms with E-state index in [2.05, 4.69) is 26.8 Å². The Kier molecular flexibility index (Phi) is 3.27. The van der Waals surface area contributed by atoms with Crippen molar-refractivity contribution < 1.29 is 4.74 Å². The van der Waals surface area contributed by atoms with Gasteiger partial charge < -0.3 is 15.4 Å². The number of nitrogens with two attached hydrogens (primary N) is 1. The van der Waals surface area contributed by atoms with Crippen molar-refractivity contribution in [2.24, 2.45) is 5.73 Å². The van der Waals surface area contributed by atoms with Crippen molar-refractivity contribution in [3.63, 3.8) is 0 Å². The minimum absolute atomic E-state index is 0.0653. The Hall–Kier alpha value is -1.79. The Bertz CT molecular complexity index is 576. The van der Waals surface area contributed by atoms with Gasteiger partial charge in [-0.1, -0.05) is 0 Å². The van der Waals surface area contributed by atoms with Crippen molar-refractivity contribution in [2.75, 3.05) is 24.6 Å². The zero-order valence-electron chi connectivity index (χ0n) is 10.9. The number of ether oxygens (including phenoxy) is 1. The van der Waals surface area contributed by atoms with E-state index in [1.165, 1.54) is 0 Å². The molecule has 2 atom stereocenters. The highest BCUT2D eigenvalue weighted by atomic mass is 16.5. The van der Waals surface area contributed by atoms with Gasteiger partial charge in [-0.3, -0.25) is 4.98 Å². The number of pyridine rings is 1. The van der Waals surface area contributed by atoms with Crippen molar-refractivity contribution in [3.05, 3.63) is 24.5 Å². The van der Waals surface area contributed by atoms with Crippen molar-refractivity contribution in [3.8, 4) is 0 Å². The van der Waals surface area contributed by atoms with Gasteiger partial charge in [0.25, 0.3) is 0 Å². The second-order valence-electron chi connectivity index (χ2n) is 4.76. The molecule has 6 heteroatoms. The van der Waals surface area contributed by atoms with Crippen LogP contribution in [0.15, 0.2) is 24.5 Å². The quantitative estimate of drug-likeness (QED) is 0.850. The molecule has 3 rings (SSSR count). The standard InChI is InChI=1S/C13H17N5O/c1-9-8-19-10(6-14)7-18(9)12-3-2-11-13(17-12)16-5-4-15-11/h2-5,9-10H,6-8,14H2,1H3. The number of hydrogen-bond donors (Lipinski definition) is 1. The fraction of sp³-hybridized carbons (Fsp3) is 0.462. The number of anilines is 1. The van der Waals surface area contributed by atoms with Gasteiger partial charge in [-0.05, 0) is 19.1 Å². The van der Waals surface area contributed by atoms with Crippen molar-refractivity contribution in [1.82, 2.24) is 15.0 Å². The Morgan fingerprint density at radius 1 is 1.37 bits per heavy atom. The molecular weight excluding hydrogens is 242 g/mol.